The van der Waals surface area contributed by atoms with Gasteiger partial charge in [-0.2, -0.15) is 5.10 Å². The van der Waals surface area contributed by atoms with Crippen LogP contribution in [0.15, 0.2) is 16.9 Å². The lowest BCUT2D eigenvalue weighted by molar-refractivity contribution is 0.0813. The van der Waals surface area contributed by atoms with E-state index in [1.54, 1.807) is 0 Å². The number of amides is 1. The number of hydrogen-bond acceptors (Lipinski definition) is 4. The Morgan fingerprint density at radius 2 is 2.11 bits per heavy atom. The van der Waals surface area contributed by atoms with Gasteiger partial charge in [-0.15, -0.1) is 0 Å². The molecule has 2 rings (SSSR count). The Kier molecular flexibility index (Phi) is 4.09. The van der Waals surface area contributed by atoms with Gasteiger partial charge >= 0.3 is 0 Å². The van der Waals surface area contributed by atoms with Gasteiger partial charge in [-0.3, -0.25) is 9.59 Å². The molecule has 0 saturated heterocycles. The third-order valence-corrected chi connectivity index (χ3v) is 3.21. The molecule has 0 spiro atoms. The van der Waals surface area contributed by atoms with Crippen molar-refractivity contribution in [3.05, 3.63) is 28.2 Å². The Balaban J connectivity index is 2.01. The first-order valence-corrected chi connectivity index (χ1v) is 6.21. The summed E-state index contributed by atoms with van der Waals surface area (Å²) in [5.41, 5.74) is -0.188. The first-order valence-electron chi connectivity index (χ1n) is 6.21. The lowest BCUT2D eigenvalue weighted by Gasteiger charge is -2.21. The van der Waals surface area contributed by atoms with Crippen molar-refractivity contribution in [1.29, 1.82) is 0 Å². The number of aromatic amines is 1. The average molecular weight is 251 g/mol. The zero-order valence-corrected chi connectivity index (χ0v) is 10.1. The molecule has 0 aliphatic heterocycles. The van der Waals surface area contributed by atoms with Crippen LogP contribution in [0.4, 0.5) is 0 Å². The topological polar surface area (TPSA) is 95.1 Å². The van der Waals surface area contributed by atoms with Gasteiger partial charge in [-0.05, 0) is 18.9 Å². The van der Waals surface area contributed by atoms with E-state index in [-0.39, 0.29) is 23.2 Å². The Labute approximate surface area is 104 Å². The first-order chi connectivity index (χ1) is 8.66. The molecule has 2 unspecified atom stereocenters. The van der Waals surface area contributed by atoms with Crippen molar-refractivity contribution >= 4 is 5.91 Å². The SMILES string of the molecule is O=C(NC1CCCCCC1O)c1ccc(=O)[nH]n1. The van der Waals surface area contributed by atoms with Crippen LogP contribution in [-0.2, 0) is 0 Å². The van der Waals surface area contributed by atoms with E-state index in [1.807, 2.05) is 0 Å². The second kappa shape index (κ2) is 5.77. The summed E-state index contributed by atoms with van der Waals surface area (Å²) >= 11 is 0. The fraction of sp³-hybridized carbons (Fsp3) is 0.583. The molecular formula is C12H17N3O3. The molecule has 6 nitrogen and oxygen atoms in total. The molecule has 1 amide bonds. The Morgan fingerprint density at radius 1 is 1.33 bits per heavy atom. The molecule has 6 heteroatoms. The number of carbonyl (C=O) groups is 1. The summed E-state index contributed by atoms with van der Waals surface area (Å²) in [6, 6.07) is 2.40. The molecule has 1 heterocycles. The molecule has 1 aliphatic carbocycles. The summed E-state index contributed by atoms with van der Waals surface area (Å²) in [5, 5.41) is 18.5. The third-order valence-electron chi connectivity index (χ3n) is 3.21. The Morgan fingerprint density at radius 3 is 2.83 bits per heavy atom. The first kappa shape index (κ1) is 12.8. The van der Waals surface area contributed by atoms with E-state index in [4.69, 9.17) is 0 Å². The normalized spacial score (nSPS) is 24.3. The minimum atomic E-state index is -0.501. The molecule has 0 bridgehead atoms. The minimum Gasteiger partial charge on any atom is -0.391 e. The molecule has 1 saturated carbocycles. The number of aliphatic hydroxyl groups is 1. The van der Waals surface area contributed by atoms with Crippen molar-refractivity contribution < 1.29 is 9.90 Å². The molecular weight excluding hydrogens is 234 g/mol. The van der Waals surface area contributed by atoms with Gasteiger partial charge in [0.2, 0.25) is 0 Å². The van der Waals surface area contributed by atoms with Crippen LogP contribution >= 0.6 is 0 Å². The van der Waals surface area contributed by atoms with Crippen LogP contribution in [0.5, 0.6) is 0 Å². The highest BCUT2D eigenvalue weighted by molar-refractivity contribution is 5.92. The van der Waals surface area contributed by atoms with E-state index in [0.29, 0.717) is 6.42 Å². The highest BCUT2D eigenvalue weighted by Crippen LogP contribution is 2.18. The Hall–Kier alpha value is -1.69. The lowest BCUT2D eigenvalue weighted by Crippen LogP contribution is -2.43. The quantitative estimate of drug-likeness (QED) is 0.654. The van der Waals surface area contributed by atoms with Crippen LogP contribution in [0.3, 0.4) is 0 Å². The van der Waals surface area contributed by atoms with Crippen molar-refractivity contribution in [3.63, 3.8) is 0 Å². The highest BCUT2D eigenvalue weighted by Gasteiger charge is 2.23. The van der Waals surface area contributed by atoms with E-state index >= 15 is 0 Å². The number of aromatic nitrogens is 2. The molecule has 1 aromatic rings. The largest absolute Gasteiger partial charge is 0.391 e. The number of H-pyrrole nitrogens is 1. The van der Waals surface area contributed by atoms with Gasteiger partial charge in [0.05, 0.1) is 12.1 Å². The van der Waals surface area contributed by atoms with E-state index in [2.05, 4.69) is 15.5 Å². The predicted molar refractivity (Wildman–Crippen MR) is 65.2 cm³/mol. The standard InChI is InChI=1S/C12H17N3O3/c16-10-5-3-1-2-4-8(10)13-12(18)9-6-7-11(17)15-14-9/h6-8,10,16H,1-5H2,(H,13,18)(H,15,17). The van der Waals surface area contributed by atoms with E-state index in [1.165, 1.54) is 12.1 Å². The van der Waals surface area contributed by atoms with Crippen LogP contribution in [0.25, 0.3) is 0 Å². The minimum absolute atomic E-state index is 0.158. The molecule has 18 heavy (non-hydrogen) atoms. The summed E-state index contributed by atoms with van der Waals surface area (Å²) < 4.78 is 0. The maximum atomic E-state index is 11.9. The molecule has 0 aromatic carbocycles. The molecule has 3 N–H and O–H groups in total. The summed E-state index contributed by atoms with van der Waals surface area (Å²) in [5.74, 6) is -0.364. The fourth-order valence-corrected chi connectivity index (χ4v) is 2.17. The van der Waals surface area contributed by atoms with Crippen molar-refractivity contribution in [2.75, 3.05) is 0 Å². The average Bonchev–Trinajstić information content (AvgIpc) is 2.56. The summed E-state index contributed by atoms with van der Waals surface area (Å²) in [6.07, 6.45) is 4.06. The summed E-state index contributed by atoms with van der Waals surface area (Å²) in [6.45, 7) is 0. The third kappa shape index (κ3) is 3.16. The Bertz CT molecular complexity index is 451. The number of hydrogen-bond donors (Lipinski definition) is 3. The second-order valence-electron chi connectivity index (χ2n) is 4.59. The van der Waals surface area contributed by atoms with E-state index in [0.717, 1.165) is 25.7 Å². The molecule has 2 atom stereocenters. The molecule has 1 aliphatic rings. The van der Waals surface area contributed by atoms with Gasteiger partial charge in [0.1, 0.15) is 5.69 Å². The van der Waals surface area contributed by atoms with Gasteiger partial charge in [0.25, 0.3) is 11.5 Å². The molecule has 98 valence electrons. The van der Waals surface area contributed by atoms with Crippen molar-refractivity contribution in [2.24, 2.45) is 0 Å². The summed E-state index contributed by atoms with van der Waals surface area (Å²) in [4.78, 5) is 22.7. The van der Waals surface area contributed by atoms with Gasteiger partial charge in [-0.25, -0.2) is 5.10 Å². The molecule has 1 fully saturated rings. The second-order valence-corrected chi connectivity index (χ2v) is 4.59. The number of aliphatic hydroxyl groups excluding tert-OH is 1. The lowest BCUT2D eigenvalue weighted by atomic mass is 10.1. The van der Waals surface area contributed by atoms with Gasteiger partial charge in [0, 0.05) is 6.07 Å². The van der Waals surface area contributed by atoms with Crippen LogP contribution in [0.2, 0.25) is 0 Å². The molecule has 1 aromatic heterocycles. The number of nitrogens with one attached hydrogen (secondary N) is 2. The van der Waals surface area contributed by atoms with Crippen LogP contribution in [-0.4, -0.2) is 33.4 Å². The van der Waals surface area contributed by atoms with Gasteiger partial charge < -0.3 is 10.4 Å². The number of carbonyl (C=O) groups excluding carboxylic acids is 1. The van der Waals surface area contributed by atoms with Gasteiger partial charge in [0.15, 0.2) is 0 Å². The smallest absolute Gasteiger partial charge is 0.272 e. The monoisotopic (exact) mass is 251 g/mol. The van der Waals surface area contributed by atoms with E-state index < -0.39 is 6.10 Å². The number of nitrogens with zero attached hydrogens (tertiary/aromatic N) is 1. The molecule has 0 radical (unpaired) electrons. The van der Waals surface area contributed by atoms with Crippen LogP contribution in [0, 0.1) is 0 Å². The zero-order valence-electron chi connectivity index (χ0n) is 10.1. The van der Waals surface area contributed by atoms with Gasteiger partial charge in [-0.1, -0.05) is 19.3 Å². The van der Waals surface area contributed by atoms with Crippen molar-refractivity contribution in [3.8, 4) is 0 Å². The fourth-order valence-electron chi connectivity index (χ4n) is 2.17. The maximum absolute atomic E-state index is 11.9. The van der Waals surface area contributed by atoms with Crippen molar-refractivity contribution in [2.45, 2.75) is 44.2 Å². The predicted octanol–water partition coefficient (Wildman–Crippen LogP) is 0.193. The van der Waals surface area contributed by atoms with Crippen LogP contribution < -0.4 is 10.9 Å². The number of rotatable bonds is 2. The summed E-state index contributed by atoms with van der Waals surface area (Å²) in [7, 11) is 0. The maximum Gasteiger partial charge on any atom is 0.272 e. The zero-order chi connectivity index (χ0) is 13.0. The van der Waals surface area contributed by atoms with Crippen molar-refractivity contribution in [1.82, 2.24) is 15.5 Å². The van der Waals surface area contributed by atoms with E-state index in [9.17, 15) is 14.7 Å². The van der Waals surface area contributed by atoms with Crippen LogP contribution in [0.1, 0.15) is 42.6 Å². The highest BCUT2D eigenvalue weighted by atomic mass is 16.3.